The number of hydrogen-bond acceptors (Lipinski definition) is 4. The normalized spacial score (nSPS) is 12.1. The number of likely N-dealkylation sites (N-methyl/N-ethyl adjacent to an activating group) is 1. The average Bonchev–Trinajstić information content (AvgIpc) is 2.45. The van der Waals surface area contributed by atoms with Gasteiger partial charge in [-0.3, -0.25) is 9.69 Å². The number of rotatable bonds is 9. The molecule has 116 valence electrons. The number of hydrogen-bond donors (Lipinski definition) is 2. The van der Waals surface area contributed by atoms with Gasteiger partial charge < -0.3 is 15.8 Å². The number of carbonyl (C=O) groups excluding carboxylic acids is 1. The standard InChI is InChI=1S/C15H23N3O2S/c1-18(11-14(19)17-8-9-20-2)10-13(15(16)21)12-6-4-3-5-7-12/h3-7,13H,8-11H2,1-2H3,(H2,16,21)(H,17,19). The van der Waals surface area contributed by atoms with Gasteiger partial charge >= 0.3 is 0 Å². The van der Waals surface area contributed by atoms with E-state index < -0.39 is 0 Å². The fraction of sp³-hybridized carbons (Fsp3) is 0.467. The molecule has 5 nitrogen and oxygen atoms in total. The van der Waals surface area contributed by atoms with E-state index in [1.54, 1.807) is 7.11 Å². The molecule has 0 fully saturated rings. The highest BCUT2D eigenvalue weighted by molar-refractivity contribution is 7.80. The number of benzene rings is 1. The van der Waals surface area contributed by atoms with Gasteiger partial charge in [0.05, 0.1) is 18.1 Å². The molecular formula is C15H23N3O2S. The molecule has 0 aliphatic carbocycles. The van der Waals surface area contributed by atoms with Gasteiger partial charge in [-0.05, 0) is 12.6 Å². The first-order chi connectivity index (χ1) is 10.0. The third kappa shape index (κ3) is 6.66. The molecule has 0 radical (unpaired) electrons. The molecule has 0 bridgehead atoms. The van der Waals surface area contributed by atoms with Crippen LogP contribution in [0.5, 0.6) is 0 Å². The van der Waals surface area contributed by atoms with Gasteiger partial charge in [0.25, 0.3) is 0 Å². The molecule has 1 aromatic carbocycles. The van der Waals surface area contributed by atoms with E-state index in [0.29, 0.717) is 31.2 Å². The lowest BCUT2D eigenvalue weighted by atomic mass is 9.98. The fourth-order valence-electron chi connectivity index (χ4n) is 2.01. The molecular weight excluding hydrogens is 286 g/mol. The van der Waals surface area contributed by atoms with Crippen molar-refractivity contribution in [2.24, 2.45) is 5.73 Å². The molecule has 1 amide bonds. The van der Waals surface area contributed by atoms with Crippen LogP contribution in [0, 0.1) is 0 Å². The lowest BCUT2D eigenvalue weighted by Crippen LogP contribution is -2.39. The van der Waals surface area contributed by atoms with Gasteiger partial charge in [0.1, 0.15) is 0 Å². The van der Waals surface area contributed by atoms with Crippen LogP contribution >= 0.6 is 12.2 Å². The van der Waals surface area contributed by atoms with Gasteiger partial charge in [-0.2, -0.15) is 0 Å². The number of methoxy groups -OCH3 is 1. The minimum atomic E-state index is -0.0574. The summed E-state index contributed by atoms with van der Waals surface area (Å²) in [5.41, 5.74) is 6.90. The highest BCUT2D eigenvalue weighted by atomic mass is 32.1. The Labute approximate surface area is 131 Å². The highest BCUT2D eigenvalue weighted by Crippen LogP contribution is 2.16. The number of amides is 1. The summed E-state index contributed by atoms with van der Waals surface area (Å²) in [7, 11) is 3.48. The molecule has 1 aromatic rings. The van der Waals surface area contributed by atoms with Crippen LogP contribution in [0.15, 0.2) is 30.3 Å². The van der Waals surface area contributed by atoms with Gasteiger partial charge in [0, 0.05) is 26.1 Å². The van der Waals surface area contributed by atoms with Crippen molar-refractivity contribution in [3.63, 3.8) is 0 Å². The number of thiocarbonyl (C=S) groups is 1. The van der Waals surface area contributed by atoms with Crippen molar-refractivity contribution in [2.45, 2.75) is 5.92 Å². The van der Waals surface area contributed by atoms with Gasteiger partial charge in [-0.1, -0.05) is 42.5 Å². The maximum atomic E-state index is 11.7. The molecule has 0 aliphatic rings. The highest BCUT2D eigenvalue weighted by Gasteiger charge is 2.18. The number of carbonyl (C=O) groups is 1. The van der Waals surface area contributed by atoms with E-state index in [1.165, 1.54) is 0 Å². The van der Waals surface area contributed by atoms with E-state index in [1.807, 2.05) is 42.3 Å². The molecule has 0 saturated heterocycles. The Kier molecular flexibility index (Phi) is 7.89. The molecule has 0 spiro atoms. The first kappa shape index (κ1) is 17.6. The minimum absolute atomic E-state index is 0.0377. The van der Waals surface area contributed by atoms with Crippen molar-refractivity contribution in [1.82, 2.24) is 10.2 Å². The molecule has 1 unspecified atom stereocenters. The smallest absolute Gasteiger partial charge is 0.234 e. The molecule has 0 saturated carbocycles. The van der Waals surface area contributed by atoms with E-state index in [2.05, 4.69) is 5.32 Å². The third-order valence-electron chi connectivity index (χ3n) is 3.08. The Balaban J connectivity index is 2.52. The summed E-state index contributed by atoms with van der Waals surface area (Å²) < 4.78 is 4.89. The van der Waals surface area contributed by atoms with Crippen LogP contribution in [0.25, 0.3) is 0 Å². The monoisotopic (exact) mass is 309 g/mol. The zero-order valence-corrected chi connectivity index (χ0v) is 13.4. The van der Waals surface area contributed by atoms with E-state index in [0.717, 1.165) is 5.56 Å². The molecule has 6 heteroatoms. The van der Waals surface area contributed by atoms with Crippen LogP contribution in [0.2, 0.25) is 0 Å². The number of nitrogens with two attached hydrogens (primary N) is 1. The lowest BCUT2D eigenvalue weighted by Gasteiger charge is -2.23. The van der Waals surface area contributed by atoms with E-state index >= 15 is 0 Å². The molecule has 0 heterocycles. The van der Waals surface area contributed by atoms with Crippen molar-refractivity contribution in [3.8, 4) is 0 Å². The Morgan fingerprint density at radius 1 is 1.43 bits per heavy atom. The second kappa shape index (κ2) is 9.44. The first-order valence-corrected chi connectivity index (χ1v) is 7.24. The molecule has 3 N–H and O–H groups in total. The zero-order valence-electron chi connectivity index (χ0n) is 12.5. The fourth-order valence-corrected chi connectivity index (χ4v) is 2.23. The molecule has 0 aromatic heterocycles. The molecule has 1 rings (SSSR count). The number of nitrogens with one attached hydrogen (secondary N) is 1. The van der Waals surface area contributed by atoms with Gasteiger partial charge in [0.15, 0.2) is 0 Å². The maximum absolute atomic E-state index is 11.7. The Morgan fingerprint density at radius 2 is 2.10 bits per heavy atom. The van der Waals surface area contributed by atoms with Gasteiger partial charge in [0.2, 0.25) is 5.91 Å². The topological polar surface area (TPSA) is 67.6 Å². The van der Waals surface area contributed by atoms with Crippen LogP contribution in [-0.4, -0.2) is 56.2 Å². The van der Waals surface area contributed by atoms with Crippen molar-refractivity contribution in [1.29, 1.82) is 0 Å². The summed E-state index contributed by atoms with van der Waals surface area (Å²) in [6, 6.07) is 9.86. The van der Waals surface area contributed by atoms with Crippen molar-refractivity contribution < 1.29 is 9.53 Å². The quantitative estimate of drug-likeness (QED) is 0.520. The van der Waals surface area contributed by atoms with Gasteiger partial charge in [-0.15, -0.1) is 0 Å². The van der Waals surface area contributed by atoms with E-state index in [-0.39, 0.29) is 11.8 Å². The Bertz CT molecular complexity index is 453. The van der Waals surface area contributed by atoms with E-state index in [9.17, 15) is 4.79 Å². The Morgan fingerprint density at radius 3 is 2.67 bits per heavy atom. The largest absolute Gasteiger partial charge is 0.393 e. The predicted octanol–water partition coefficient (Wildman–Crippen LogP) is 0.751. The summed E-state index contributed by atoms with van der Waals surface area (Å²) in [6.07, 6.45) is 0. The minimum Gasteiger partial charge on any atom is -0.393 e. The summed E-state index contributed by atoms with van der Waals surface area (Å²) in [6.45, 7) is 1.93. The lowest BCUT2D eigenvalue weighted by molar-refractivity contribution is -0.122. The number of ether oxygens (including phenoxy) is 1. The van der Waals surface area contributed by atoms with Crippen LogP contribution in [0.3, 0.4) is 0 Å². The molecule has 21 heavy (non-hydrogen) atoms. The summed E-state index contributed by atoms with van der Waals surface area (Å²) in [4.78, 5) is 14.1. The predicted molar refractivity (Wildman–Crippen MR) is 88.4 cm³/mol. The van der Waals surface area contributed by atoms with E-state index in [4.69, 9.17) is 22.7 Å². The van der Waals surface area contributed by atoms with Gasteiger partial charge in [-0.25, -0.2) is 0 Å². The summed E-state index contributed by atoms with van der Waals surface area (Å²) >= 11 is 5.15. The third-order valence-corrected chi connectivity index (χ3v) is 3.37. The van der Waals surface area contributed by atoms with Crippen molar-refractivity contribution in [3.05, 3.63) is 35.9 Å². The first-order valence-electron chi connectivity index (χ1n) is 6.83. The average molecular weight is 309 g/mol. The van der Waals surface area contributed by atoms with Crippen molar-refractivity contribution in [2.75, 3.05) is 40.4 Å². The Hall–Kier alpha value is -1.50. The van der Waals surface area contributed by atoms with Crippen LogP contribution in [0.4, 0.5) is 0 Å². The van der Waals surface area contributed by atoms with Crippen LogP contribution in [-0.2, 0) is 9.53 Å². The summed E-state index contributed by atoms with van der Waals surface area (Å²) in [5.74, 6) is -0.0951. The summed E-state index contributed by atoms with van der Waals surface area (Å²) in [5, 5.41) is 2.79. The molecule has 0 aliphatic heterocycles. The maximum Gasteiger partial charge on any atom is 0.234 e. The zero-order chi connectivity index (χ0) is 15.7. The van der Waals surface area contributed by atoms with Crippen LogP contribution in [0.1, 0.15) is 11.5 Å². The second-order valence-corrected chi connectivity index (χ2v) is 5.38. The van der Waals surface area contributed by atoms with Crippen LogP contribution < -0.4 is 11.1 Å². The second-order valence-electron chi connectivity index (χ2n) is 4.91. The number of nitrogens with zero attached hydrogens (tertiary/aromatic N) is 1. The SMILES string of the molecule is COCCNC(=O)CN(C)CC(C(N)=S)c1ccccc1. The van der Waals surface area contributed by atoms with Crippen molar-refractivity contribution >= 4 is 23.1 Å². The molecule has 1 atom stereocenters.